The second-order valence-electron chi connectivity index (χ2n) is 4.16. The van der Waals surface area contributed by atoms with E-state index in [1.807, 2.05) is 6.07 Å². The summed E-state index contributed by atoms with van der Waals surface area (Å²) < 4.78 is 24.5. The first-order valence-corrected chi connectivity index (χ1v) is 7.20. The molecule has 0 bridgehead atoms. The lowest BCUT2D eigenvalue weighted by molar-refractivity contribution is 0.358. The fourth-order valence-corrected chi connectivity index (χ4v) is 3.88. The summed E-state index contributed by atoms with van der Waals surface area (Å²) in [5, 5.41) is -0.227. The summed E-state index contributed by atoms with van der Waals surface area (Å²) in [6.45, 7) is 4.57. The molecular weight excluding hydrogens is 222 g/mol. The smallest absolute Gasteiger partial charge is 0.182 e. The Kier molecular flexibility index (Phi) is 3.30. The number of sulfone groups is 1. The number of nitrogens with zero attached hydrogens (tertiary/aromatic N) is 1. The summed E-state index contributed by atoms with van der Waals surface area (Å²) in [6.07, 6.45) is 0.755. The lowest BCUT2D eigenvalue weighted by Crippen LogP contribution is -2.26. The Labute approximate surface area is 97.0 Å². The first-order valence-electron chi connectivity index (χ1n) is 5.66. The molecule has 0 aromatic heterocycles. The molecule has 1 aliphatic heterocycles. The summed E-state index contributed by atoms with van der Waals surface area (Å²) >= 11 is 0. The number of benzene rings is 1. The molecule has 0 amide bonds. The van der Waals surface area contributed by atoms with Crippen molar-refractivity contribution >= 4 is 9.84 Å². The number of hydrogen-bond donors (Lipinski definition) is 0. The zero-order valence-electron chi connectivity index (χ0n) is 9.46. The van der Waals surface area contributed by atoms with Gasteiger partial charge in [0.2, 0.25) is 0 Å². The van der Waals surface area contributed by atoms with Crippen LogP contribution in [-0.2, 0) is 9.84 Å². The summed E-state index contributed by atoms with van der Waals surface area (Å²) in [5.41, 5.74) is 0. The van der Waals surface area contributed by atoms with Gasteiger partial charge in [-0.05, 0) is 31.6 Å². The Morgan fingerprint density at radius 1 is 1.31 bits per heavy atom. The SMILES string of the molecule is CCN1CCC(S(=O)(=O)c2ccccc2)C1. The number of likely N-dealkylation sites (tertiary alicyclic amines) is 1. The van der Waals surface area contributed by atoms with E-state index >= 15 is 0 Å². The highest BCUT2D eigenvalue weighted by Crippen LogP contribution is 2.23. The molecule has 0 spiro atoms. The van der Waals surface area contributed by atoms with Crippen LogP contribution in [0.5, 0.6) is 0 Å². The Morgan fingerprint density at radius 2 is 2.00 bits per heavy atom. The molecule has 1 atom stereocenters. The van der Waals surface area contributed by atoms with E-state index in [9.17, 15) is 8.42 Å². The van der Waals surface area contributed by atoms with Gasteiger partial charge >= 0.3 is 0 Å². The van der Waals surface area contributed by atoms with Gasteiger partial charge in [0.05, 0.1) is 10.1 Å². The monoisotopic (exact) mass is 239 g/mol. The molecule has 0 aliphatic carbocycles. The normalized spacial score (nSPS) is 22.4. The second kappa shape index (κ2) is 4.55. The van der Waals surface area contributed by atoms with Crippen molar-refractivity contribution < 1.29 is 8.42 Å². The van der Waals surface area contributed by atoms with Crippen LogP contribution in [-0.4, -0.2) is 38.2 Å². The third-order valence-corrected chi connectivity index (χ3v) is 5.38. The van der Waals surface area contributed by atoms with Gasteiger partial charge in [-0.2, -0.15) is 0 Å². The van der Waals surface area contributed by atoms with Crippen LogP contribution in [0.25, 0.3) is 0 Å². The third kappa shape index (κ3) is 2.13. The average Bonchev–Trinajstić information content (AvgIpc) is 2.79. The van der Waals surface area contributed by atoms with Crippen molar-refractivity contribution in [1.82, 2.24) is 4.90 Å². The maximum absolute atomic E-state index is 12.3. The van der Waals surface area contributed by atoms with E-state index < -0.39 is 9.84 Å². The van der Waals surface area contributed by atoms with Crippen LogP contribution < -0.4 is 0 Å². The van der Waals surface area contributed by atoms with Crippen molar-refractivity contribution in [1.29, 1.82) is 0 Å². The van der Waals surface area contributed by atoms with E-state index in [0.29, 0.717) is 11.4 Å². The molecule has 0 radical (unpaired) electrons. The van der Waals surface area contributed by atoms with E-state index in [4.69, 9.17) is 0 Å². The molecule has 16 heavy (non-hydrogen) atoms. The van der Waals surface area contributed by atoms with Crippen LogP contribution in [0.3, 0.4) is 0 Å². The van der Waals surface area contributed by atoms with E-state index in [0.717, 1.165) is 19.5 Å². The molecule has 88 valence electrons. The molecule has 0 saturated carbocycles. The van der Waals surface area contributed by atoms with Crippen LogP contribution in [0.4, 0.5) is 0 Å². The molecule has 1 heterocycles. The molecule has 0 N–H and O–H groups in total. The van der Waals surface area contributed by atoms with Crippen LogP contribution >= 0.6 is 0 Å². The molecule has 2 rings (SSSR count). The van der Waals surface area contributed by atoms with Gasteiger partial charge in [0.1, 0.15) is 0 Å². The average molecular weight is 239 g/mol. The topological polar surface area (TPSA) is 37.4 Å². The van der Waals surface area contributed by atoms with Gasteiger partial charge in [-0.3, -0.25) is 0 Å². The molecule has 1 aromatic carbocycles. The molecule has 1 aromatic rings. The highest BCUT2D eigenvalue weighted by atomic mass is 32.2. The summed E-state index contributed by atoms with van der Waals surface area (Å²) in [5.74, 6) is 0. The van der Waals surface area contributed by atoms with Crippen LogP contribution in [0.15, 0.2) is 35.2 Å². The Bertz CT molecular complexity index is 441. The maximum Gasteiger partial charge on any atom is 0.182 e. The van der Waals surface area contributed by atoms with E-state index in [1.54, 1.807) is 24.3 Å². The number of rotatable bonds is 3. The van der Waals surface area contributed by atoms with Gasteiger partial charge in [0.15, 0.2) is 9.84 Å². The number of hydrogen-bond acceptors (Lipinski definition) is 3. The lowest BCUT2D eigenvalue weighted by Gasteiger charge is -2.13. The van der Waals surface area contributed by atoms with Gasteiger partial charge in [0.25, 0.3) is 0 Å². The fraction of sp³-hybridized carbons (Fsp3) is 0.500. The third-order valence-electron chi connectivity index (χ3n) is 3.19. The Hall–Kier alpha value is -0.870. The predicted molar refractivity (Wildman–Crippen MR) is 64.1 cm³/mol. The maximum atomic E-state index is 12.3. The van der Waals surface area contributed by atoms with Crippen molar-refractivity contribution in [3.05, 3.63) is 30.3 Å². The molecule has 1 aliphatic rings. The first kappa shape index (κ1) is 11.6. The van der Waals surface area contributed by atoms with Gasteiger partial charge in [0, 0.05) is 6.54 Å². The zero-order valence-corrected chi connectivity index (χ0v) is 10.3. The van der Waals surface area contributed by atoms with E-state index in [-0.39, 0.29) is 5.25 Å². The summed E-state index contributed by atoms with van der Waals surface area (Å²) in [4.78, 5) is 2.64. The van der Waals surface area contributed by atoms with Crippen LogP contribution in [0.1, 0.15) is 13.3 Å². The molecule has 1 fully saturated rings. The molecule has 3 nitrogen and oxygen atoms in total. The Morgan fingerprint density at radius 3 is 2.56 bits per heavy atom. The van der Waals surface area contributed by atoms with Gasteiger partial charge in [-0.25, -0.2) is 8.42 Å². The molecule has 1 unspecified atom stereocenters. The largest absolute Gasteiger partial charge is 0.302 e. The molecule has 4 heteroatoms. The first-order chi connectivity index (χ1) is 7.64. The van der Waals surface area contributed by atoms with Crippen molar-refractivity contribution in [2.45, 2.75) is 23.5 Å². The minimum absolute atomic E-state index is 0.227. The zero-order chi connectivity index (χ0) is 11.6. The van der Waals surface area contributed by atoms with Gasteiger partial charge < -0.3 is 4.90 Å². The minimum atomic E-state index is -3.12. The van der Waals surface area contributed by atoms with Crippen molar-refractivity contribution in [2.24, 2.45) is 0 Å². The van der Waals surface area contributed by atoms with Crippen molar-refractivity contribution in [2.75, 3.05) is 19.6 Å². The standard InChI is InChI=1S/C12H17NO2S/c1-2-13-9-8-12(10-13)16(14,15)11-6-4-3-5-7-11/h3-7,12H,2,8-10H2,1H3. The highest BCUT2D eigenvalue weighted by Gasteiger charge is 2.33. The van der Waals surface area contributed by atoms with E-state index in [2.05, 4.69) is 11.8 Å². The van der Waals surface area contributed by atoms with Crippen molar-refractivity contribution in [3.63, 3.8) is 0 Å². The van der Waals surface area contributed by atoms with E-state index in [1.165, 1.54) is 0 Å². The van der Waals surface area contributed by atoms with Crippen LogP contribution in [0, 0.1) is 0 Å². The van der Waals surface area contributed by atoms with Crippen LogP contribution in [0.2, 0.25) is 0 Å². The quantitative estimate of drug-likeness (QED) is 0.803. The van der Waals surface area contributed by atoms with Gasteiger partial charge in [-0.15, -0.1) is 0 Å². The molecular formula is C12H17NO2S. The Balaban J connectivity index is 2.21. The molecule has 1 saturated heterocycles. The predicted octanol–water partition coefficient (Wildman–Crippen LogP) is 1.55. The summed E-state index contributed by atoms with van der Waals surface area (Å²) in [6, 6.07) is 8.76. The fourth-order valence-electron chi connectivity index (χ4n) is 2.14. The second-order valence-corrected chi connectivity index (χ2v) is 6.39. The minimum Gasteiger partial charge on any atom is -0.302 e. The van der Waals surface area contributed by atoms with Gasteiger partial charge in [-0.1, -0.05) is 25.1 Å². The summed E-state index contributed by atoms with van der Waals surface area (Å²) in [7, 11) is -3.12. The van der Waals surface area contributed by atoms with Crippen molar-refractivity contribution in [3.8, 4) is 0 Å². The highest BCUT2D eigenvalue weighted by molar-refractivity contribution is 7.92. The lowest BCUT2D eigenvalue weighted by atomic mass is 10.4.